The summed E-state index contributed by atoms with van der Waals surface area (Å²) in [6, 6.07) is 2.26. The smallest absolute Gasteiger partial charge is 0.298 e. The molecular weight excluding hydrogens is 192 g/mol. The van der Waals surface area contributed by atoms with Crippen molar-refractivity contribution in [2.24, 2.45) is 0 Å². The minimum atomic E-state index is -0.670. The average molecular weight is 198 g/mol. The van der Waals surface area contributed by atoms with Crippen LogP contribution in [-0.2, 0) is 9.59 Å². The Kier molecular flexibility index (Phi) is 2.90. The monoisotopic (exact) mass is 198 g/mol. The Morgan fingerprint density at radius 1 is 1.07 bits per heavy atom. The number of carbonyl (C=O) groups excluding carboxylic acids is 2. The van der Waals surface area contributed by atoms with E-state index in [1.54, 1.807) is 0 Å². The molecule has 0 heterocycles. The summed E-state index contributed by atoms with van der Waals surface area (Å²) in [4.78, 5) is 20.1. The van der Waals surface area contributed by atoms with E-state index in [2.05, 4.69) is 9.47 Å². The van der Waals surface area contributed by atoms with Gasteiger partial charge in [0.15, 0.2) is 11.5 Å². The van der Waals surface area contributed by atoms with Crippen LogP contribution in [0.1, 0.15) is 0 Å². The van der Waals surface area contributed by atoms with Crippen molar-refractivity contribution in [1.29, 1.82) is 0 Å². The molecule has 2 N–H and O–H groups in total. The Morgan fingerprint density at radius 3 is 2.29 bits per heavy atom. The lowest BCUT2D eigenvalue weighted by Crippen LogP contribution is -1.95. The molecule has 0 aliphatic carbocycles. The maximum Gasteiger partial charge on any atom is 0.298 e. The third kappa shape index (κ3) is 1.74. The molecular formula is C8H6O6. The van der Waals surface area contributed by atoms with Gasteiger partial charge in [0.25, 0.3) is 12.9 Å². The Bertz CT molecular complexity index is 359. The Morgan fingerprint density at radius 2 is 1.71 bits per heavy atom. The van der Waals surface area contributed by atoms with E-state index < -0.39 is 17.2 Å². The van der Waals surface area contributed by atoms with Crippen molar-refractivity contribution < 1.29 is 29.3 Å². The van der Waals surface area contributed by atoms with Gasteiger partial charge in [0, 0.05) is 0 Å². The van der Waals surface area contributed by atoms with E-state index in [0.717, 1.165) is 6.07 Å². The molecule has 74 valence electrons. The van der Waals surface area contributed by atoms with Crippen LogP contribution >= 0.6 is 0 Å². The fourth-order valence-electron chi connectivity index (χ4n) is 0.849. The second-order valence-electron chi connectivity index (χ2n) is 2.19. The standard InChI is InChI=1S/C8H6O6/c9-3-13-6-2-1-5(11)7(12)8(6)14-4-10/h1-4,11-12H. The van der Waals surface area contributed by atoms with Crippen LogP contribution in [0.4, 0.5) is 0 Å². The van der Waals surface area contributed by atoms with Crippen LogP contribution in [0, 0.1) is 0 Å². The number of phenolic OH excluding ortho intramolecular Hbond substituents is 2. The summed E-state index contributed by atoms with van der Waals surface area (Å²) >= 11 is 0. The highest BCUT2D eigenvalue weighted by molar-refractivity contribution is 5.64. The number of aromatic hydroxyl groups is 2. The van der Waals surface area contributed by atoms with E-state index in [1.165, 1.54) is 6.07 Å². The Hall–Kier alpha value is -2.24. The third-order valence-corrected chi connectivity index (χ3v) is 1.42. The highest BCUT2D eigenvalue weighted by Crippen LogP contribution is 2.42. The van der Waals surface area contributed by atoms with Gasteiger partial charge in [-0.05, 0) is 12.1 Å². The molecule has 0 aliphatic rings. The highest BCUT2D eigenvalue weighted by Gasteiger charge is 2.14. The van der Waals surface area contributed by atoms with E-state index in [0.29, 0.717) is 0 Å². The predicted molar refractivity (Wildman–Crippen MR) is 43.2 cm³/mol. The van der Waals surface area contributed by atoms with E-state index in [9.17, 15) is 14.7 Å². The van der Waals surface area contributed by atoms with Crippen molar-refractivity contribution in [1.82, 2.24) is 0 Å². The molecule has 6 heteroatoms. The lowest BCUT2D eigenvalue weighted by Gasteiger charge is -2.07. The minimum absolute atomic E-state index is 0.0339. The zero-order valence-electron chi connectivity index (χ0n) is 6.84. The van der Waals surface area contributed by atoms with Crippen LogP contribution in [-0.4, -0.2) is 23.2 Å². The Balaban J connectivity index is 3.21. The maximum absolute atomic E-state index is 10.0. The zero-order valence-corrected chi connectivity index (χ0v) is 6.84. The first kappa shape index (κ1) is 9.85. The topological polar surface area (TPSA) is 93.1 Å². The van der Waals surface area contributed by atoms with E-state index >= 15 is 0 Å². The van der Waals surface area contributed by atoms with Gasteiger partial charge in [0.2, 0.25) is 11.5 Å². The van der Waals surface area contributed by atoms with E-state index in [4.69, 9.17) is 5.11 Å². The van der Waals surface area contributed by atoms with Gasteiger partial charge in [-0.25, -0.2) is 0 Å². The van der Waals surface area contributed by atoms with Gasteiger partial charge in [-0.3, -0.25) is 9.59 Å². The number of phenols is 2. The van der Waals surface area contributed by atoms with Crippen molar-refractivity contribution in [2.75, 3.05) is 0 Å². The largest absolute Gasteiger partial charge is 0.504 e. The molecule has 0 atom stereocenters. The zero-order chi connectivity index (χ0) is 10.6. The molecule has 1 aromatic rings. The molecule has 0 unspecified atom stereocenters. The van der Waals surface area contributed by atoms with E-state index in [-0.39, 0.29) is 18.7 Å². The van der Waals surface area contributed by atoms with Crippen LogP contribution in [0.3, 0.4) is 0 Å². The lowest BCUT2D eigenvalue weighted by molar-refractivity contribution is -0.123. The molecule has 1 aromatic carbocycles. The second-order valence-corrected chi connectivity index (χ2v) is 2.19. The average Bonchev–Trinajstić information content (AvgIpc) is 2.18. The molecule has 0 amide bonds. The number of rotatable bonds is 4. The molecule has 6 nitrogen and oxygen atoms in total. The summed E-state index contributed by atoms with van der Waals surface area (Å²) in [7, 11) is 0. The summed E-state index contributed by atoms with van der Waals surface area (Å²) in [5.41, 5.74) is 0. The second kappa shape index (κ2) is 4.13. The van der Waals surface area contributed by atoms with Crippen LogP contribution < -0.4 is 9.47 Å². The first-order chi connectivity index (χ1) is 6.70. The molecule has 0 fully saturated rings. The SMILES string of the molecule is O=COc1ccc(O)c(O)c1OC=O. The first-order valence-electron chi connectivity index (χ1n) is 3.46. The molecule has 14 heavy (non-hydrogen) atoms. The van der Waals surface area contributed by atoms with Crippen LogP contribution in [0.15, 0.2) is 12.1 Å². The van der Waals surface area contributed by atoms with Gasteiger partial charge in [-0.1, -0.05) is 0 Å². The summed E-state index contributed by atoms with van der Waals surface area (Å²) < 4.78 is 8.72. The highest BCUT2D eigenvalue weighted by atomic mass is 16.6. The quantitative estimate of drug-likeness (QED) is 0.529. The van der Waals surface area contributed by atoms with Crippen molar-refractivity contribution in [3.8, 4) is 23.0 Å². The fourth-order valence-corrected chi connectivity index (χ4v) is 0.849. The van der Waals surface area contributed by atoms with Crippen LogP contribution in [0.2, 0.25) is 0 Å². The summed E-state index contributed by atoms with van der Waals surface area (Å²) in [6.45, 7) is 0.135. The molecule has 0 saturated carbocycles. The molecule has 0 aromatic heterocycles. The number of hydrogen-bond donors (Lipinski definition) is 2. The predicted octanol–water partition coefficient (Wildman–Crippen LogP) is 0.168. The molecule has 1 rings (SSSR count). The Labute approximate surface area is 78.3 Å². The van der Waals surface area contributed by atoms with Crippen LogP contribution in [0.5, 0.6) is 23.0 Å². The van der Waals surface area contributed by atoms with Crippen molar-refractivity contribution in [2.45, 2.75) is 0 Å². The summed E-state index contributed by atoms with van der Waals surface area (Å²) in [5.74, 6) is -1.73. The third-order valence-electron chi connectivity index (χ3n) is 1.42. The lowest BCUT2D eigenvalue weighted by atomic mass is 10.2. The number of hydrogen-bond acceptors (Lipinski definition) is 6. The minimum Gasteiger partial charge on any atom is -0.504 e. The first-order valence-corrected chi connectivity index (χ1v) is 3.46. The number of ether oxygens (including phenoxy) is 2. The van der Waals surface area contributed by atoms with E-state index in [1.807, 2.05) is 0 Å². The molecule has 0 aliphatic heterocycles. The van der Waals surface area contributed by atoms with Gasteiger partial charge in [-0.15, -0.1) is 0 Å². The number of carbonyl (C=O) groups is 2. The maximum atomic E-state index is 10.0. The molecule has 0 saturated heterocycles. The van der Waals surface area contributed by atoms with Gasteiger partial charge >= 0.3 is 0 Å². The van der Waals surface area contributed by atoms with Gasteiger partial charge < -0.3 is 19.7 Å². The normalized spacial score (nSPS) is 9.14. The number of benzene rings is 1. The summed E-state index contributed by atoms with van der Waals surface area (Å²) in [5, 5.41) is 18.2. The van der Waals surface area contributed by atoms with Crippen molar-refractivity contribution in [3.05, 3.63) is 12.1 Å². The van der Waals surface area contributed by atoms with Gasteiger partial charge in [0.1, 0.15) is 0 Å². The molecule has 0 bridgehead atoms. The van der Waals surface area contributed by atoms with Gasteiger partial charge in [0.05, 0.1) is 0 Å². The van der Waals surface area contributed by atoms with Gasteiger partial charge in [-0.2, -0.15) is 0 Å². The molecule has 0 radical (unpaired) electrons. The van der Waals surface area contributed by atoms with Crippen LogP contribution in [0.25, 0.3) is 0 Å². The fraction of sp³-hybridized carbons (Fsp3) is 0. The van der Waals surface area contributed by atoms with Crippen molar-refractivity contribution in [3.63, 3.8) is 0 Å². The van der Waals surface area contributed by atoms with Crippen molar-refractivity contribution >= 4 is 12.9 Å². The summed E-state index contributed by atoms with van der Waals surface area (Å²) in [6.07, 6.45) is 0. The molecule has 0 spiro atoms.